The second kappa shape index (κ2) is 5.22. The van der Waals surface area contributed by atoms with Crippen molar-refractivity contribution < 1.29 is 27.6 Å². The summed E-state index contributed by atoms with van der Waals surface area (Å²) in [7, 11) is 0. The molecule has 0 aliphatic carbocycles. The van der Waals surface area contributed by atoms with Crippen molar-refractivity contribution in [2.75, 3.05) is 0 Å². The predicted molar refractivity (Wildman–Crippen MR) is 59.4 cm³/mol. The van der Waals surface area contributed by atoms with Gasteiger partial charge >= 0.3 is 12.1 Å². The van der Waals surface area contributed by atoms with Gasteiger partial charge in [0.1, 0.15) is 10.6 Å². The molecule has 0 N–H and O–H groups in total. The van der Waals surface area contributed by atoms with Crippen LogP contribution in [-0.4, -0.2) is 10.9 Å². The maximum absolute atomic E-state index is 12.7. The Labute approximate surface area is 114 Å². The third kappa shape index (κ3) is 3.27. The van der Waals surface area contributed by atoms with E-state index in [4.69, 9.17) is 23.2 Å². The number of esters is 1. The predicted octanol–water partition coefficient (Wildman–Crippen LogP) is 3.85. The van der Waals surface area contributed by atoms with Crippen molar-refractivity contribution in [1.29, 1.82) is 0 Å². The molecule has 10 heteroatoms. The lowest BCUT2D eigenvalue weighted by Crippen LogP contribution is -2.11. The zero-order valence-corrected chi connectivity index (χ0v) is 10.6. The Morgan fingerprint density at radius 1 is 1.37 bits per heavy atom. The molecule has 0 fully saturated rings. The lowest BCUT2D eigenvalue weighted by molar-refractivity contribution is -0.385. The molecular formula is C9H4Cl2F3NO4. The molecule has 0 atom stereocenters. The highest BCUT2D eigenvalue weighted by Gasteiger charge is 2.41. The van der Waals surface area contributed by atoms with Gasteiger partial charge in [-0.1, -0.05) is 23.2 Å². The zero-order chi connectivity index (χ0) is 15.0. The molecule has 1 aromatic carbocycles. The minimum atomic E-state index is -5.03. The second-order valence-electron chi connectivity index (χ2n) is 3.25. The minimum absolute atomic E-state index is 0.557. The number of rotatable bonds is 2. The van der Waals surface area contributed by atoms with Crippen molar-refractivity contribution in [3.05, 3.63) is 31.8 Å². The summed E-state index contributed by atoms with van der Waals surface area (Å²) < 4.78 is 42.6. The molecule has 1 aromatic rings. The summed E-state index contributed by atoms with van der Waals surface area (Å²) in [5, 5.41) is 8.44. The van der Waals surface area contributed by atoms with Gasteiger partial charge < -0.3 is 4.74 Å². The summed E-state index contributed by atoms with van der Waals surface area (Å²) >= 11 is 10.7. The van der Waals surface area contributed by atoms with E-state index in [9.17, 15) is 28.1 Å². The van der Waals surface area contributed by atoms with Gasteiger partial charge in [-0.05, 0) is 0 Å². The van der Waals surface area contributed by atoms with Crippen molar-refractivity contribution in [2.45, 2.75) is 13.1 Å². The fourth-order valence-electron chi connectivity index (χ4n) is 1.21. The van der Waals surface area contributed by atoms with Crippen LogP contribution in [0.3, 0.4) is 0 Å². The molecule has 104 valence electrons. The van der Waals surface area contributed by atoms with Gasteiger partial charge in [0.25, 0.3) is 5.69 Å². The largest absolute Gasteiger partial charge is 0.425 e. The van der Waals surface area contributed by atoms with E-state index in [1.54, 1.807) is 0 Å². The average molecular weight is 318 g/mol. The number of nitro benzene ring substituents is 1. The average Bonchev–Trinajstić information content (AvgIpc) is 2.19. The first-order valence-electron chi connectivity index (χ1n) is 4.47. The Hall–Kier alpha value is -1.54. The molecule has 0 heterocycles. The van der Waals surface area contributed by atoms with Crippen molar-refractivity contribution >= 4 is 34.9 Å². The number of alkyl halides is 3. The van der Waals surface area contributed by atoms with Crippen LogP contribution in [0.15, 0.2) is 6.07 Å². The molecule has 19 heavy (non-hydrogen) atoms. The Balaban J connectivity index is 3.65. The molecule has 1 rings (SSSR count). The highest BCUT2D eigenvalue weighted by Crippen LogP contribution is 2.47. The van der Waals surface area contributed by atoms with E-state index in [0.29, 0.717) is 6.07 Å². The van der Waals surface area contributed by atoms with E-state index in [1.807, 2.05) is 0 Å². The van der Waals surface area contributed by atoms with Crippen molar-refractivity contribution in [3.63, 3.8) is 0 Å². The maximum atomic E-state index is 12.7. The van der Waals surface area contributed by atoms with E-state index in [2.05, 4.69) is 4.74 Å². The molecular weight excluding hydrogens is 314 g/mol. The van der Waals surface area contributed by atoms with Crippen LogP contribution in [0.1, 0.15) is 12.5 Å². The van der Waals surface area contributed by atoms with Crippen LogP contribution in [0.5, 0.6) is 5.75 Å². The van der Waals surface area contributed by atoms with Gasteiger partial charge in [0.05, 0.1) is 16.0 Å². The van der Waals surface area contributed by atoms with Crippen molar-refractivity contribution in [3.8, 4) is 5.75 Å². The fraction of sp³-hybridized carbons (Fsp3) is 0.222. The van der Waals surface area contributed by atoms with E-state index >= 15 is 0 Å². The summed E-state index contributed by atoms with van der Waals surface area (Å²) in [4.78, 5) is 20.2. The van der Waals surface area contributed by atoms with Crippen LogP contribution in [0, 0.1) is 10.1 Å². The summed E-state index contributed by atoms with van der Waals surface area (Å²) in [6.45, 7) is 0.907. The van der Waals surface area contributed by atoms with Gasteiger partial charge in [-0.25, -0.2) is 0 Å². The van der Waals surface area contributed by atoms with E-state index in [-0.39, 0.29) is 0 Å². The number of hydrogen-bond acceptors (Lipinski definition) is 4. The molecule has 0 spiro atoms. The number of carbonyl (C=O) groups is 1. The van der Waals surface area contributed by atoms with E-state index in [1.165, 1.54) is 0 Å². The van der Waals surface area contributed by atoms with E-state index < -0.39 is 44.1 Å². The lowest BCUT2D eigenvalue weighted by atomic mass is 10.1. The number of carbonyl (C=O) groups excluding carboxylic acids is 1. The van der Waals surface area contributed by atoms with E-state index in [0.717, 1.165) is 6.92 Å². The Kier molecular flexibility index (Phi) is 4.26. The van der Waals surface area contributed by atoms with Gasteiger partial charge in [-0.15, -0.1) is 0 Å². The Bertz CT molecular complexity index is 559. The number of ether oxygens (including phenoxy) is 1. The number of halogens is 5. The molecule has 0 aromatic heterocycles. The SMILES string of the molecule is CC(=O)Oc1cc([N+](=O)[O-])c(Cl)c(C(F)(F)F)c1Cl. The minimum Gasteiger partial charge on any atom is -0.425 e. The standard InChI is InChI=1S/C9H4Cl2F3NO4/c1-3(16)19-5-2-4(15(17)18)7(10)6(8(5)11)9(12,13)14/h2H,1H3. The van der Waals surface area contributed by atoms with Crippen LogP contribution < -0.4 is 4.74 Å². The Morgan fingerprint density at radius 3 is 2.26 bits per heavy atom. The molecule has 0 unspecified atom stereocenters. The first-order chi connectivity index (χ1) is 8.55. The third-order valence-electron chi connectivity index (χ3n) is 1.88. The van der Waals surface area contributed by atoms with Crippen LogP contribution >= 0.6 is 23.2 Å². The first-order valence-corrected chi connectivity index (χ1v) is 5.23. The lowest BCUT2D eigenvalue weighted by Gasteiger charge is -2.13. The van der Waals surface area contributed by atoms with Gasteiger partial charge in [-0.3, -0.25) is 14.9 Å². The fourth-order valence-corrected chi connectivity index (χ4v) is 1.88. The maximum Gasteiger partial charge on any atom is 0.419 e. The van der Waals surface area contributed by atoms with Crippen LogP contribution in [0.4, 0.5) is 18.9 Å². The highest BCUT2D eigenvalue weighted by molar-refractivity contribution is 6.38. The topological polar surface area (TPSA) is 69.4 Å². The van der Waals surface area contributed by atoms with Gasteiger partial charge in [0.15, 0.2) is 5.75 Å². The summed E-state index contributed by atoms with van der Waals surface area (Å²) in [6, 6.07) is 0.557. The van der Waals surface area contributed by atoms with Crippen LogP contribution in [0.2, 0.25) is 10.0 Å². The second-order valence-corrected chi connectivity index (χ2v) is 4.00. The van der Waals surface area contributed by atoms with Crippen LogP contribution in [0.25, 0.3) is 0 Å². The molecule has 0 aliphatic rings. The number of benzene rings is 1. The molecule has 0 radical (unpaired) electrons. The normalized spacial score (nSPS) is 11.3. The molecule has 0 amide bonds. The molecule has 0 aliphatic heterocycles. The first kappa shape index (κ1) is 15.5. The smallest absolute Gasteiger partial charge is 0.419 e. The van der Waals surface area contributed by atoms with Crippen molar-refractivity contribution in [1.82, 2.24) is 0 Å². The van der Waals surface area contributed by atoms with Gasteiger partial charge in [-0.2, -0.15) is 13.2 Å². The molecule has 0 bridgehead atoms. The third-order valence-corrected chi connectivity index (χ3v) is 2.64. The number of hydrogen-bond donors (Lipinski definition) is 0. The summed E-state index contributed by atoms with van der Waals surface area (Å²) in [6.07, 6.45) is -5.03. The number of nitro groups is 1. The van der Waals surface area contributed by atoms with Gasteiger partial charge in [0.2, 0.25) is 0 Å². The monoisotopic (exact) mass is 317 g/mol. The van der Waals surface area contributed by atoms with Gasteiger partial charge in [0, 0.05) is 6.92 Å². The Morgan fingerprint density at radius 2 is 1.89 bits per heavy atom. The van der Waals surface area contributed by atoms with Crippen molar-refractivity contribution in [2.24, 2.45) is 0 Å². The quantitative estimate of drug-likeness (QED) is 0.359. The molecule has 0 saturated carbocycles. The van der Waals surface area contributed by atoms with Crippen LogP contribution in [-0.2, 0) is 11.0 Å². The highest BCUT2D eigenvalue weighted by atomic mass is 35.5. The summed E-state index contributed by atoms with van der Waals surface area (Å²) in [5.74, 6) is -1.76. The summed E-state index contributed by atoms with van der Waals surface area (Å²) in [5.41, 5.74) is -2.68. The number of nitrogens with zero attached hydrogens (tertiary/aromatic N) is 1. The molecule has 0 saturated heterocycles. The zero-order valence-electron chi connectivity index (χ0n) is 9.05. The molecule has 5 nitrogen and oxygen atoms in total.